The number of carbonyl (C=O) groups excluding carboxylic acids is 1. The first-order valence-corrected chi connectivity index (χ1v) is 10.5. The summed E-state index contributed by atoms with van der Waals surface area (Å²) in [5, 5.41) is 1.24. The first-order valence-electron chi connectivity index (χ1n) is 9.71. The molecule has 1 aliphatic heterocycles. The molecule has 0 bridgehead atoms. The maximum absolute atomic E-state index is 13.2. The molecular formula is C21H21F3N4O2S. The number of benzene rings is 1. The van der Waals surface area contributed by atoms with Crippen LogP contribution in [-0.2, 0) is 11.3 Å². The molecule has 0 unspecified atom stereocenters. The third kappa shape index (κ3) is 4.70. The number of hydrogen-bond donors (Lipinski definition) is 1. The number of morpholine rings is 1. The molecule has 6 nitrogen and oxygen atoms in total. The molecule has 2 N–H and O–H groups in total. The topological polar surface area (TPSA) is 81.3 Å². The third-order valence-corrected chi connectivity index (χ3v) is 5.99. The number of fused-ring (bicyclic) bond motifs is 1. The maximum atomic E-state index is 13.2. The zero-order chi connectivity index (χ0) is 22.3. The molecule has 0 spiro atoms. The van der Waals surface area contributed by atoms with Crippen molar-refractivity contribution in [1.29, 1.82) is 0 Å². The summed E-state index contributed by atoms with van der Waals surface area (Å²) < 4.78 is 44.5. The Morgan fingerprint density at radius 2 is 2.10 bits per heavy atom. The fourth-order valence-corrected chi connectivity index (χ4v) is 4.49. The second-order valence-corrected chi connectivity index (χ2v) is 8.76. The van der Waals surface area contributed by atoms with Gasteiger partial charge in [0.15, 0.2) is 17.0 Å². The minimum atomic E-state index is -4.40. The molecule has 31 heavy (non-hydrogen) atoms. The first-order chi connectivity index (χ1) is 14.6. The second kappa shape index (κ2) is 8.18. The first kappa shape index (κ1) is 21.7. The number of nitrogens with zero attached hydrogens (tertiary/aromatic N) is 3. The molecule has 10 heteroatoms. The lowest BCUT2D eigenvalue weighted by molar-refractivity contribution is -0.252. The van der Waals surface area contributed by atoms with E-state index in [1.165, 1.54) is 18.3 Å². The van der Waals surface area contributed by atoms with Gasteiger partial charge in [0, 0.05) is 43.7 Å². The quantitative estimate of drug-likeness (QED) is 0.597. The second-order valence-electron chi connectivity index (χ2n) is 7.70. The Balaban J connectivity index is 1.68. The molecule has 4 rings (SSSR count). The number of aromatic nitrogens is 2. The van der Waals surface area contributed by atoms with Gasteiger partial charge in [0.25, 0.3) is 0 Å². The van der Waals surface area contributed by atoms with E-state index in [0.717, 1.165) is 21.4 Å². The molecule has 1 aromatic carbocycles. The highest BCUT2D eigenvalue weighted by Crippen LogP contribution is 2.34. The third-order valence-electron chi connectivity index (χ3n) is 5.13. The SMILES string of the molecule is CC(=O)c1cc(-c2cnc(N)s2)c2ccc(CN3C[C@@H](C)O[C@@H](C(F)(F)F)C3)cc2n1. The van der Waals surface area contributed by atoms with E-state index in [1.807, 2.05) is 18.2 Å². The molecule has 1 aliphatic rings. The van der Waals surface area contributed by atoms with Crippen molar-refractivity contribution in [3.63, 3.8) is 0 Å². The number of ether oxygens (including phenoxy) is 1. The van der Waals surface area contributed by atoms with Crippen LogP contribution in [0, 0.1) is 0 Å². The average molecular weight is 450 g/mol. The number of rotatable bonds is 4. The number of nitrogen functional groups attached to an aromatic ring is 1. The standard InChI is InChI=1S/C21H21F3N4O2S/c1-11-8-28(10-19(30-11)21(22,23)24)9-13-3-4-14-15(18-7-26-20(25)31-18)6-16(12(2)29)27-17(14)5-13/h3-7,11,19H,8-10H2,1-2H3,(H2,25,26)/t11-,19-/m1/s1. The van der Waals surface area contributed by atoms with E-state index in [4.69, 9.17) is 10.5 Å². The number of ketones is 1. The smallest absolute Gasteiger partial charge is 0.375 e. The molecule has 1 saturated heterocycles. The highest BCUT2D eigenvalue weighted by Gasteiger charge is 2.44. The highest BCUT2D eigenvalue weighted by molar-refractivity contribution is 7.18. The average Bonchev–Trinajstić information content (AvgIpc) is 3.12. The number of thiazole rings is 1. The van der Waals surface area contributed by atoms with Crippen molar-refractivity contribution in [3.8, 4) is 10.4 Å². The number of carbonyl (C=O) groups is 1. The van der Waals surface area contributed by atoms with E-state index in [9.17, 15) is 18.0 Å². The number of halogens is 3. The zero-order valence-corrected chi connectivity index (χ0v) is 17.8. The summed E-state index contributed by atoms with van der Waals surface area (Å²) in [7, 11) is 0. The van der Waals surface area contributed by atoms with Gasteiger partial charge in [0.1, 0.15) is 5.69 Å². The van der Waals surface area contributed by atoms with Crippen molar-refractivity contribution in [3.05, 3.63) is 41.7 Å². The summed E-state index contributed by atoms with van der Waals surface area (Å²) >= 11 is 1.31. The van der Waals surface area contributed by atoms with Gasteiger partial charge in [0.2, 0.25) is 0 Å². The summed E-state index contributed by atoms with van der Waals surface area (Å²) in [6.45, 7) is 3.58. The van der Waals surface area contributed by atoms with Gasteiger partial charge in [0.05, 0.1) is 16.5 Å². The van der Waals surface area contributed by atoms with E-state index >= 15 is 0 Å². The Labute approximate surface area is 180 Å². The monoisotopic (exact) mass is 450 g/mol. The van der Waals surface area contributed by atoms with E-state index in [-0.39, 0.29) is 12.3 Å². The van der Waals surface area contributed by atoms with Crippen molar-refractivity contribution in [2.45, 2.75) is 38.8 Å². The summed E-state index contributed by atoms with van der Waals surface area (Å²) in [5.74, 6) is -0.180. The Hall–Kier alpha value is -2.56. The van der Waals surface area contributed by atoms with Crippen molar-refractivity contribution in [2.24, 2.45) is 0 Å². The van der Waals surface area contributed by atoms with E-state index < -0.39 is 18.4 Å². The molecule has 2 atom stereocenters. The summed E-state index contributed by atoms with van der Waals surface area (Å²) in [6, 6.07) is 7.28. The number of hydrogen-bond acceptors (Lipinski definition) is 7. The molecule has 0 aliphatic carbocycles. The summed E-state index contributed by atoms with van der Waals surface area (Å²) in [5.41, 5.74) is 8.28. The minimum absolute atomic E-state index is 0.180. The molecule has 2 aromatic heterocycles. The van der Waals surface area contributed by atoms with Crippen molar-refractivity contribution in [2.75, 3.05) is 18.8 Å². The largest absolute Gasteiger partial charge is 0.415 e. The summed E-state index contributed by atoms with van der Waals surface area (Å²) in [6.07, 6.45) is -5.08. The lowest BCUT2D eigenvalue weighted by atomic mass is 10.0. The fraction of sp³-hybridized carbons (Fsp3) is 0.381. The van der Waals surface area contributed by atoms with Crippen molar-refractivity contribution < 1.29 is 22.7 Å². The van der Waals surface area contributed by atoms with E-state index in [2.05, 4.69) is 9.97 Å². The number of Topliss-reactive ketones (excluding diaryl/α,β-unsaturated/α-hetero) is 1. The van der Waals surface area contributed by atoms with E-state index in [1.54, 1.807) is 24.1 Å². The van der Waals surface area contributed by atoms with Crippen LogP contribution in [0.5, 0.6) is 0 Å². The van der Waals surface area contributed by atoms with Crippen LogP contribution < -0.4 is 5.73 Å². The number of pyridine rings is 1. The molecule has 0 radical (unpaired) electrons. The molecule has 0 saturated carbocycles. The van der Waals surface area contributed by atoms with Gasteiger partial charge in [-0.3, -0.25) is 9.69 Å². The molecule has 1 fully saturated rings. The molecule has 3 heterocycles. The Morgan fingerprint density at radius 1 is 1.32 bits per heavy atom. The Bertz CT molecular complexity index is 1130. The fourth-order valence-electron chi connectivity index (χ4n) is 3.78. The van der Waals surface area contributed by atoms with Gasteiger partial charge in [-0.2, -0.15) is 13.2 Å². The van der Waals surface area contributed by atoms with Crippen LogP contribution in [-0.4, -0.2) is 52.1 Å². The van der Waals surface area contributed by atoms with Crippen LogP contribution in [0.2, 0.25) is 0 Å². The minimum Gasteiger partial charge on any atom is -0.375 e. The van der Waals surface area contributed by atoms with Gasteiger partial charge >= 0.3 is 6.18 Å². The zero-order valence-electron chi connectivity index (χ0n) is 16.9. The van der Waals surface area contributed by atoms with Gasteiger partial charge < -0.3 is 10.5 Å². The predicted molar refractivity (Wildman–Crippen MR) is 113 cm³/mol. The molecule has 0 amide bonds. The van der Waals surface area contributed by atoms with Crippen LogP contribution in [0.1, 0.15) is 29.9 Å². The number of alkyl halides is 3. The van der Waals surface area contributed by atoms with Crippen molar-refractivity contribution in [1.82, 2.24) is 14.9 Å². The lowest BCUT2D eigenvalue weighted by Crippen LogP contribution is -2.51. The van der Waals surface area contributed by atoms with Crippen LogP contribution in [0.15, 0.2) is 30.5 Å². The lowest BCUT2D eigenvalue weighted by Gasteiger charge is -2.37. The number of anilines is 1. The predicted octanol–water partition coefficient (Wildman–Crippen LogP) is 4.29. The highest BCUT2D eigenvalue weighted by atomic mass is 32.1. The van der Waals surface area contributed by atoms with Gasteiger partial charge in [-0.25, -0.2) is 9.97 Å². The Kier molecular flexibility index (Phi) is 5.71. The van der Waals surface area contributed by atoms with Gasteiger partial charge in [-0.15, -0.1) is 0 Å². The summed E-state index contributed by atoms with van der Waals surface area (Å²) in [4.78, 5) is 23.1. The molecular weight excluding hydrogens is 429 g/mol. The van der Waals surface area contributed by atoms with Crippen molar-refractivity contribution >= 4 is 33.2 Å². The number of nitrogens with two attached hydrogens (primary N) is 1. The molecule has 164 valence electrons. The van der Waals surface area contributed by atoms with E-state index in [0.29, 0.717) is 29.4 Å². The van der Waals surface area contributed by atoms with Crippen LogP contribution in [0.25, 0.3) is 21.3 Å². The molecule has 3 aromatic rings. The Morgan fingerprint density at radius 3 is 2.74 bits per heavy atom. The van der Waals surface area contributed by atoms with Gasteiger partial charge in [-0.1, -0.05) is 23.5 Å². The van der Waals surface area contributed by atoms with Crippen LogP contribution >= 0.6 is 11.3 Å². The maximum Gasteiger partial charge on any atom is 0.415 e. The van der Waals surface area contributed by atoms with Crippen LogP contribution in [0.4, 0.5) is 18.3 Å². The van der Waals surface area contributed by atoms with Gasteiger partial charge in [-0.05, 0) is 24.6 Å². The van der Waals surface area contributed by atoms with Crippen LogP contribution in [0.3, 0.4) is 0 Å². The normalized spacial score (nSPS) is 20.3.